The Kier molecular flexibility index (Phi) is 9.18. The monoisotopic (exact) mass is 598 g/mol. The van der Waals surface area contributed by atoms with Gasteiger partial charge in [0.1, 0.15) is 24.5 Å². The number of aliphatic hydroxyl groups is 2. The molecular weight excluding hydrogens is 572 g/mol. The van der Waals surface area contributed by atoms with Crippen LogP contribution in [0.4, 0.5) is 13.2 Å². The summed E-state index contributed by atoms with van der Waals surface area (Å²) in [7, 11) is 0. The largest absolute Gasteiger partial charge is 0.482 e. The third kappa shape index (κ3) is 6.83. The maximum absolute atomic E-state index is 13.5. The number of alkyl halides is 3. The van der Waals surface area contributed by atoms with E-state index in [1.165, 1.54) is 6.08 Å². The van der Waals surface area contributed by atoms with E-state index < -0.39 is 48.7 Å². The Balaban J connectivity index is 1.95. The standard InChI is InChI=1S/C22H26F3IN2O6/c23-22(24,25)12-28(21(32)13-5-8-33-11-13)16-9-14(20(31)27-6-7-29)10-18(19(16)30)34-17-4-2-1-3-15(17)26/h1-4,10,13,16,18-19,29-30H,5-9,11-12H2,(H,27,31). The zero-order valence-corrected chi connectivity index (χ0v) is 20.3. The van der Waals surface area contributed by atoms with Gasteiger partial charge in [0.15, 0.2) is 0 Å². The lowest BCUT2D eigenvalue weighted by Gasteiger charge is -2.41. The number of halogens is 4. The van der Waals surface area contributed by atoms with Crippen molar-refractivity contribution in [3.63, 3.8) is 0 Å². The van der Waals surface area contributed by atoms with E-state index in [2.05, 4.69) is 5.32 Å². The highest BCUT2D eigenvalue weighted by Crippen LogP contribution is 2.32. The number of benzene rings is 1. The second-order valence-electron chi connectivity index (χ2n) is 8.09. The molecule has 1 aliphatic carbocycles. The first-order valence-electron chi connectivity index (χ1n) is 10.7. The summed E-state index contributed by atoms with van der Waals surface area (Å²) < 4.78 is 52.2. The van der Waals surface area contributed by atoms with Crippen molar-refractivity contribution in [3.8, 4) is 5.75 Å². The summed E-state index contributed by atoms with van der Waals surface area (Å²) in [6, 6.07) is 5.49. The molecule has 3 rings (SSSR count). The van der Waals surface area contributed by atoms with E-state index in [0.29, 0.717) is 14.2 Å². The van der Waals surface area contributed by atoms with Gasteiger partial charge in [-0.15, -0.1) is 0 Å². The molecule has 0 saturated carbocycles. The van der Waals surface area contributed by atoms with E-state index in [1.54, 1.807) is 24.3 Å². The molecule has 3 N–H and O–H groups in total. The predicted octanol–water partition coefficient (Wildman–Crippen LogP) is 1.63. The number of carbonyl (C=O) groups is 2. The molecule has 12 heteroatoms. The summed E-state index contributed by atoms with van der Waals surface area (Å²) in [5.74, 6) is -1.80. The molecule has 1 aromatic carbocycles. The van der Waals surface area contributed by atoms with Crippen LogP contribution < -0.4 is 10.1 Å². The zero-order chi connectivity index (χ0) is 24.9. The summed E-state index contributed by atoms with van der Waals surface area (Å²) in [5.41, 5.74) is 0.0577. The highest BCUT2D eigenvalue weighted by atomic mass is 127. The van der Waals surface area contributed by atoms with Crippen molar-refractivity contribution in [3.05, 3.63) is 39.5 Å². The van der Waals surface area contributed by atoms with E-state index in [0.717, 1.165) is 0 Å². The van der Waals surface area contributed by atoms with Crippen LogP contribution in [0, 0.1) is 9.49 Å². The van der Waals surface area contributed by atoms with Gasteiger partial charge >= 0.3 is 6.18 Å². The van der Waals surface area contributed by atoms with Gasteiger partial charge in [0.05, 0.1) is 28.7 Å². The Morgan fingerprint density at radius 2 is 2.03 bits per heavy atom. The van der Waals surface area contributed by atoms with Crippen LogP contribution in [-0.4, -0.2) is 84.3 Å². The molecule has 4 unspecified atom stereocenters. The first-order chi connectivity index (χ1) is 16.1. The molecule has 1 heterocycles. The molecule has 0 aromatic heterocycles. The maximum atomic E-state index is 13.5. The fourth-order valence-electron chi connectivity index (χ4n) is 3.98. The van der Waals surface area contributed by atoms with E-state index in [4.69, 9.17) is 14.6 Å². The van der Waals surface area contributed by atoms with Gasteiger partial charge in [0.2, 0.25) is 11.8 Å². The maximum Gasteiger partial charge on any atom is 0.406 e. The molecule has 1 aromatic rings. The number of hydrogen-bond acceptors (Lipinski definition) is 6. The molecule has 0 spiro atoms. The van der Waals surface area contributed by atoms with Gasteiger partial charge in [-0.3, -0.25) is 9.59 Å². The Labute approximate surface area is 208 Å². The number of ether oxygens (including phenoxy) is 2. The Morgan fingerprint density at radius 1 is 1.29 bits per heavy atom. The number of aliphatic hydroxyl groups excluding tert-OH is 2. The molecule has 1 fully saturated rings. The van der Waals surface area contributed by atoms with E-state index >= 15 is 0 Å². The van der Waals surface area contributed by atoms with Crippen LogP contribution in [0.3, 0.4) is 0 Å². The second-order valence-corrected chi connectivity index (χ2v) is 9.25. The SMILES string of the molecule is O=C(NCCO)C1=CC(Oc2ccccc2I)C(O)C(N(CC(F)(F)F)C(=O)C2CCOC2)C1. The molecule has 1 saturated heterocycles. The number of amides is 2. The van der Waals surface area contributed by atoms with Gasteiger partial charge in [0.25, 0.3) is 0 Å². The lowest BCUT2D eigenvalue weighted by Crippen LogP contribution is -2.58. The fourth-order valence-corrected chi connectivity index (χ4v) is 4.50. The first kappa shape index (κ1) is 26.7. The minimum atomic E-state index is -4.72. The van der Waals surface area contributed by atoms with Crippen LogP contribution in [0.5, 0.6) is 5.75 Å². The molecule has 188 valence electrons. The number of nitrogens with zero attached hydrogens (tertiary/aromatic N) is 1. The summed E-state index contributed by atoms with van der Waals surface area (Å²) in [4.78, 5) is 26.3. The average Bonchev–Trinajstić information content (AvgIpc) is 3.32. The molecule has 0 bridgehead atoms. The highest BCUT2D eigenvalue weighted by Gasteiger charge is 2.46. The predicted molar refractivity (Wildman–Crippen MR) is 123 cm³/mol. The number of para-hydroxylation sites is 1. The fraction of sp³-hybridized carbons (Fsp3) is 0.545. The molecule has 2 aliphatic rings. The van der Waals surface area contributed by atoms with E-state index in [1.807, 2.05) is 22.6 Å². The number of rotatable bonds is 8. The second kappa shape index (κ2) is 11.7. The minimum absolute atomic E-state index is 0.00216. The number of nitrogens with one attached hydrogen (secondary N) is 1. The summed E-state index contributed by atoms with van der Waals surface area (Å²) in [6.07, 6.45) is -6.11. The molecule has 1 aliphatic heterocycles. The summed E-state index contributed by atoms with van der Waals surface area (Å²) in [6.45, 7) is -1.71. The van der Waals surface area contributed by atoms with Crippen LogP contribution in [0.15, 0.2) is 35.9 Å². The van der Waals surface area contributed by atoms with Gasteiger partial charge < -0.3 is 29.9 Å². The molecule has 8 nitrogen and oxygen atoms in total. The quantitative estimate of drug-likeness (QED) is 0.393. The van der Waals surface area contributed by atoms with Gasteiger partial charge in [-0.1, -0.05) is 12.1 Å². The van der Waals surface area contributed by atoms with Crippen LogP contribution in [0.25, 0.3) is 0 Å². The van der Waals surface area contributed by atoms with E-state index in [-0.39, 0.29) is 44.8 Å². The van der Waals surface area contributed by atoms with Crippen molar-refractivity contribution in [2.24, 2.45) is 5.92 Å². The average molecular weight is 598 g/mol. The van der Waals surface area contributed by atoms with Crippen molar-refractivity contribution >= 4 is 34.4 Å². The highest BCUT2D eigenvalue weighted by molar-refractivity contribution is 14.1. The van der Waals surface area contributed by atoms with Crippen molar-refractivity contribution in [1.29, 1.82) is 0 Å². The zero-order valence-electron chi connectivity index (χ0n) is 18.1. The lowest BCUT2D eigenvalue weighted by atomic mass is 9.87. The minimum Gasteiger partial charge on any atom is -0.482 e. The van der Waals surface area contributed by atoms with Crippen molar-refractivity contribution in [2.75, 3.05) is 32.9 Å². The Bertz CT molecular complexity index is 907. The van der Waals surface area contributed by atoms with Gasteiger partial charge in [-0.2, -0.15) is 13.2 Å². The third-order valence-corrected chi connectivity index (χ3v) is 6.52. The smallest absolute Gasteiger partial charge is 0.406 e. The van der Waals surface area contributed by atoms with Crippen molar-refractivity contribution in [2.45, 2.75) is 37.3 Å². The van der Waals surface area contributed by atoms with Crippen LogP contribution >= 0.6 is 22.6 Å². The summed E-state index contributed by atoms with van der Waals surface area (Å²) >= 11 is 2.01. The van der Waals surface area contributed by atoms with Gasteiger partial charge in [0, 0.05) is 25.1 Å². The Morgan fingerprint density at radius 3 is 2.65 bits per heavy atom. The molecular formula is C22H26F3IN2O6. The molecule has 0 radical (unpaired) electrons. The van der Waals surface area contributed by atoms with Crippen molar-refractivity contribution in [1.82, 2.24) is 10.2 Å². The molecule has 2 amide bonds. The van der Waals surface area contributed by atoms with Crippen molar-refractivity contribution < 1.29 is 42.4 Å². The van der Waals surface area contributed by atoms with Crippen LogP contribution in [-0.2, 0) is 14.3 Å². The third-order valence-electron chi connectivity index (χ3n) is 5.63. The number of carbonyl (C=O) groups excluding carboxylic acids is 2. The summed E-state index contributed by atoms with van der Waals surface area (Å²) in [5, 5.41) is 22.5. The molecule has 4 atom stereocenters. The van der Waals surface area contributed by atoms with Crippen LogP contribution in [0.1, 0.15) is 12.8 Å². The van der Waals surface area contributed by atoms with Gasteiger partial charge in [-0.05, 0) is 47.2 Å². The molecule has 34 heavy (non-hydrogen) atoms. The van der Waals surface area contributed by atoms with Crippen LogP contribution in [0.2, 0.25) is 0 Å². The Hall–Kier alpha value is -1.90. The lowest BCUT2D eigenvalue weighted by molar-refractivity contribution is -0.175. The number of hydrogen-bond donors (Lipinski definition) is 3. The first-order valence-corrected chi connectivity index (χ1v) is 11.8. The van der Waals surface area contributed by atoms with Gasteiger partial charge in [-0.25, -0.2) is 0 Å². The normalized spacial score (nSPS) is 24.9. The van der Waals surface area contributed by atoms with E-state index in [9.17, 15) is 27.9 Å². The topological polar surface area (TPSA) is 108 Å².